The highest BCUT2D eigenvalue weighted by molar-refractivity contribution is 5.40. The SMILES string of the molecule is CC1(C)CC(N)c2cc(F)cc(F)c2O1. The normalized spacial score (nSPS) is 23.1. The van der Waals surface area contributed by atoms with Crippen LogP contribution in [0, 0.1) is 11.6 Å². The van der Waals surface area contributed by atoms with Crippen LogP contribution in [0.4, 0.5) is 8.78 Å². The summed E-state index contributed by atoms with van der Waals surface area (Å²) < 4.78 is 31.9. The molecule has 0 saturated heterocycles. The summed E-state index contributed by atoms with van der Waals surface area (Å²) in [6.45, 7) is 3.66. The third kappa shape index (κ3) is 1.81. The molecule has 0 spiro atoms. The first-order chi connectivity index (χ1) is 6.89. The van der Waals surface area contributed by atoms with Gasteiger partial charge >= 0.3 is 0 Å². The van der Waals surface area contributed by atoms with Crippen LogP contribution >= 0.6 is 0 Å². The largest absolute Gasteiger partial charge is 0.484 e. The minimum atomic E-state index is -0.687. The van der Waals surface area contributed by atoms with Crippen LogP contribution in [0.25, 0.3) is 0 Å². The highest BCUT2D eigenvalue weighted by Crippen LogP contribution is 2.40. The van der Waals surface area contributed by atoms with Crippen molar-refractivity contribution < 1.29 is 13.5 Å². The smallest absolute Gasteiger partial charge is 0.168 e. The number of nitrogens with two attached hydrogens (primary N) is 1. The fraction of sp³-hybridized carbons (Fsp3) is 0.455. The lowest BCUT2D eigenvalue weighted by Gasteiger charge is -2.36. The van der Waals surface area contributed by atoms with Crippen molar-refractivity contribution in [3.05, 3.63) is 29.3 Å². The van der Waals surface area contributed by atoms with Gasteiger partial charge in [-0.05, 0) is 19.9 Å². The van der Waals surface area contributed by atoms with Gasteiger partial charge in [0.2, 0.25) is 0 Å². The van der Waals surface area contributed by atoms with Crippen LogP contribution in [0.3, 0.4) is 0 Å². The highest BCUT2D eigenvalue weighted by Gasteiger charge is 2.34. The molecule has 2 N–H and O–H groups in total. The van der Waals surface area contributed by atoms with E-state index in [1.165, 1.54) is 6.07 Å². The van der Waals surface area contributed by atoms with Gasteiger partial charge in [-0.25, -0.2) is 8.78 Å². The van der Waals surface area contributed by atoms with Crippen LogP contribution in [0.5, 0.6) is 5.75 Å². The van der Waals surface area contributed by atoms with Crippen molar-refractivity contribution >= 4 is 0 Å². The molecule has 0 aliphatic carbocycles. The summed E-state index contributed by atoms with van der Waals surface area (Å²) in [7, 11) is 0. The van der Waals surface area contributed by atoms with Crippen molar-refractivity contribution in [2.24, 2.45) is 5.73 Å². The molecular weight excluding hydrogens is 200 g/mol. The monoisotopic (exact) mass is 213 g/mol. The average molecular weight is 213 g/mol. The van der Waals surface area contributed by atoms with E-state index in [2.05, 4.69) is 0 Å². The zero-order valence-corrected chi connectivity index (χ0v) is 8.68. The number of fused-ring (bicyclic) bond motifs is 1. The second-order valence-electron chi connectivity index (χ2n) is 4.48. The van der Waals surface area contributed by atoms with Crippen LogP contribution in [0.2, 0.25) is 0 Å². The molecule has 0 saturated carbocycles. The van der Waals surface area contributed by atoms with Crippen LogP contribution in [-0.2, 0) is 0 Å². The Morgan fingerprint density at radius 2 is 2.07 bits per heavy atom. The number of benzene rings is 1. The molecule has 1 aromatic rings. The lowest BCUT2D eigenvalue weighted by molar-refractivity contribution is 0.0670. The summed E-state index contributed by atoms with van der Waals surface area (Å²) in [5.41, 5.74) is 5.75. The standard InChI is InChI=1S/C11H13F2NO/c1-11(2)5-9(14)7-3-6(12)4-8(13)10(7)15-11/h3-4,9H,5,14H2,1-2H3. The van der Waals surface area contributed by atoms with Gasteiger partial charge in [0.1, 0.15) is 11.4 Å². The zero-order valence-electron chi connectivity index (χ0n) is 8.68. The molecule has 1 atom stereocenters. The summed E-state index contributed by atoms with van der Waals surface area (Å²) in [4.78, 5) is 0. The van der Waals surface area contributed by atoms with Crippen molar-refractivity contribution in [3.63, 3.8) is 0 Å². The van der Waals surface area contributed by atoms with Crippen molar-refractivity contribution in [1.82, 2.24) is 0 Å². The minimum absolute atomic E-state index is 0.0835. The van der Waals surface area contributed by atoms with E-state index in [1.54, 1.807) is 0 Å². The van der Waals surface area contributed by atoms with Gasteiger partial charge in [0, 0.05) is 24.1 Å². The van der Waals surface area contributed by atoms with Gasteiger partial charge in [-0.2, -0.15) is 0 Å². The molecule has 0 amide bonds. The maximum absolute atomic E-state index is 13.4. The molecule has 4 heteroatoms. The summed E-state index contributed by atoms with van der Waals surface area (Å²) in [6, 6.07) is 1.67. The second kappa shape index (κ2) is 3.17. The first-order valence-corrected chi connectivity index (χ1v) is 4.82. The molecule has 2 nitrogen and oxygen atoms in total. The van der Waals surface area contributed by atoms with Crippen molar-refractivity contribution in [3.8, 4) is 5.75 Å². The fourth-order valence-electron chi connectivity index (χ4n) is 1.92. The van der Waals surface area contributed by atoms with E-state index in [1.807, 2.05) is 13.8 Å². The van der Waals surface area contributed by atoms with E-state index in [0.29, 0.717) is 12.0 Å². The lowest BCUT2D eigenvalue weighted by atomic mass is 9.90. The Balaban J connectivity index is 2.55. The molecule has 0 fully saturated rings. The molecule has 1 aliphatic rings. The molecule has 2 rings (SSSR count). The summed E-state index contributed by atoms with van der Waals surface area (Å²) in [6.07, 6.45) is 0.545. The Labute approximate surface area is 87.0 Å². The van der Waals surface area contributed by atoms with Crippen LogP contribution in [0.15, 0.2) is 12.1 Å². The Bertz CT molecular complexity index is 404. The van der Waals surface area contributed by atoms with Gasteiger partial charge in [0.25, 0.3) is 0 Å². The van der Waals surface area contributed by atoms with Gasteiger partial charge < -0.3 is 10.5 Å². The Kier molecular flexibility index (Phi) is 2.19. The maximum atomic E-state index is 13.4. The minimum Gasteiger partial charge on any atom is -0.484 e. The zero-order chi connectivity index (χ0) is 11.2. The molecule has 0 bridgehead atoms. The second-order valence-corrected chi connectivity index (χ2v) is 4.48. The van der Waals surface area contributed by atoms with E-state index < -0.39 is 17.2 Å². The third-order valence-corrected chi connectivity index (χ3v) is 2.53. The summed E-state index contributed by atoms with van der Waals surface area (Å²) in [5.74, 6) is -1.22. The van der Waals surface area contributed by atoms with E-state index in [0.717, 1.165) is 6.07 Å². The Morgan fingerprint density at radius 1 is 1.40 bits per heavy atom. The van der Waals surface area contributed by atoms with Crippen LogP contribution in [0.1, 0.15) is 31.9 Å². The number of halogens is 2. The van der Waals surface area contributed by atoms with Gasteiger partial charge in [-0.1, -0.05) is 0 Å². The molecule has 1 aromatic carbocycles. The van der Waals surface area contributed by atoms with Crippen molar-refractivity contribution in [1.29, 1.82) is 0 Å². The third-order valence-electron chi connectivity index (χ3n) is 2.53. The number of hydrogen-bond donors (Lipinski definition) is 1. The van der Waals surface area contributed by atoms with Gasteiger partial charge in [-0.3, -0.25) is 0 Å². The molecule has 15 heavy (non-hydrogen) atoms. The van der Waals surface area contributed by atoms with E-state index in [-0.39, 0.29) is 11.8 Å². The van der Waals surface area contributed by atoms with E-state index >= 15 is 0 Å². The fourth-order valence-corrected chi connectivity index (χ4v) is 1.92. The van der Waals surface area contributed by atoms with Crippen molar-refractivity contribution in [2.75, 3.05) is 0 Å². The van der Waals surface area contributed by atoms with Crippen molar-refractivity contribution in [2.45, 2.75) is 31.9 Å². The average Bonchev–Trinajstić information content (AvgIpc) is 2.06. The van der Waals surface area contributed by atoms with Gasteiger partial charge in [-0.15, -0.1) is 0 Å². The number of ether oxygens (including phenoxy) is 1. The highest BCUT2D eigenvalue weighted by atomic mass is 19.1. The maximum Gasteiger partial charge on any atom is 0.168 e. The van der Waals surface area contributed by atoms with Gasteiger partial charge in [0.05, 0.1) is 0 Å². The van der Waals surface area contributed by atoms with E-state index in [4.69, 9.17) is 10.5 Å². The van der Waals surface area contributed by atoms with Crippen LogP contribution < -0.4 is 10.5 Å². The lowest BCUT2D eigenvalue weighted by Crippen LogP contribution is -2.38. The molecular formula is C11H13F2NO. The number of hydrogen-bond acceptors (Lipinski definition) is 2. The first-order valence-electron chi connectivity index (χ1n) is 4.82. The van der Waals surface area contributed by atoms with E-state index in [9.17, 15) is 8.78 Å². The predicted octanol–water partition coefficient (Wildman–Crippen LogP) is 2.53. The number of rotatable bonds is 0. The van der Waals surface area contributed by atoms with Crippen LogP contribution in [-0.4, -0.2) is 5.60 Å². The van der Waals surface area contributed by atoms with Gasteiger partial charge in [0.15, 0.2) is 11.6 Å². The molecule has 1 aliphatic heterocycles. The molecule has 1 unspecified atom stereocenters. The topological polar surface area (TPSA) is 35.2 Å². The molecule has 82 valence electrons. The molecule has 0 radical (unpaired) electrons. The Hall–Kier alpha value is -1.16. The first kappa shape index (κ1) is 10.4. The molecule has 1 heterocycles. The summed E-state index contributed by atoms with van der Waals surface area (Å²) >= 11 is 0. The quantitative estimate of drug-likeness (QED) is 0.718. The predicted molar refractivity (Wildman–Crippen MR) is 52.6 cm³/mol. The molecule has 0 aromatic heterocycles. The Morgan fingerprint density at radius 3 is 2.73 bits per heavy atom. The summed E-state index contributed by atoms with van der Waals surface area (Å²) in [5, 5.41) is 0.